The number of hydrogen-bond acceptors (Lipinski definition) is 2. The van der Waals surface area contributed by atoms with Crippen LogP contribution in [0.1, 0.15) is 30.1 Å². The molecule has 1 fully saturated rings. The molecule has 0 saturated carbocycles. The molecule has 3 rings (SSSR count). The van der Waals surface area contributed by atoms with Gasteiger partial charge < -0.3 is 5.32 Å². The van der Waals surface area contributed by atoms with Gasteiger partial charge >= 0.3 is 0 Å². The van der Waals surface area contributed by atoms with E-state index in [2.05, 4.69) is 59.6 Å². The fourth-order valence-electron chi connectivity index (χ4n) is 3.16. The predicted octanol–water partition coefficient (Wildman–Crippen LogP) is 4.05. The number of nitrogens with zero attached hydrogens (tertiary/aromatic N) is 1. The fraction of sp³-hybridized carbons (Fsp3) is 0.333. The van der Waals surface area contributed by atoms with Gasteiger partial charge in [0, 0.05) is 36.7 Å². The van der Waals surface area contributed by atoms with Crippen molar-refractivity contribution in [3.63, 3.8) is 0 Å². The van der Waals surface area contributed by atoms with E-state index in [1.807, 2.05) is 12.1 Å². The van der Waals surface area contributed by atoms with Gasteiger partial charge in [-0.3, -0.25) is 4.90 Å². The minimum atomic E-state index is 0.311. The third-order valence-electron chi connectivity index (χ3n) is 4.32. The molecule has 3 heteroatoms. The molecule has 0 amide bonds. The van der Waals surface area contributed by atoms with Crippen LogP contribution in [0.5, 0.6) is 0 Å². The zero-order chi connectivity index (χ0) is 14.7. The van der Waals surface area contributed by atoms with E-state index in [4.69, 9.17) is 11.6 Å². The minimum Gasteiger partial charge on any atom is -0.314 e. The van der Waals surface area contributed by atoms with Crippen LogP contribution in [-0.2, 0) is 0 Å². The van der Waals surface area contributed by atoms with E-state index < -0.39 is 0 Å². The van der Waals surface area contributed by atoms with Gasteiger partial charge in [-0.05, 0) is 24.1 Å². The molecule has 2 aromatic rings. The summed E-state index contributed by atoms with van der Waals surface area (Å²) in [6.45, 7) is 5.30. The average Bonchev–Trinajstić information content (AvgIpc) is 2.55. The fourth-order valence-corrected chi connectivity index (χ4v) is 3.45. The lowest BCUT2D eigenvalue weighted by molar-refractivity contribution is 0.115. The molecule has 21 heavy (non-hydrogen) atoms. The van der Waals surface area contributed by atoms with Gasteiger partial charge in [0.05, 0.1) is 0 Å². The van der Waals surface area contributed by atoms with Gasteiger partial charge in [0.15, 0.2) is 0 Å². The average molecular weight is 301 g/mol. The Labute approximate surface area is 131 Å². The molecule has 0 bridgehead atoms. The molecule has 0 radical (unpaired) electrons. The van der Waals surface area contributed by atoms with Crippen LogP contribution < -0.4 is 5.32 Å². The van der Waals surface area contributed by atoms with Crippen LogP contribution in [0.15, 0.2) is 54.6 Å². The van der Waals surface area contributed by atoms with Crippen molar-refractivity contribution >= 4 is 11.6 Å². The van der Waals surface area contributed by atoms with Crippen LogP contribution >= 0.6 is 11.6 Å². The van der Waals surface area contributed by atoms with Crippen molar-refractivity contribution in [2.24, 2.45) is 0 Å². The van der Waals surface area contributed by atoms with Gasteiger partial charge in [0.25, 0.3) is 0 Å². The summed E-state index contributed by atoms with van der Waals surface area (Å²) >= 11 is 6.39. The summed E-state index contributed by atoms with van der Waals surface area (Å²) < 4.78 is 0. The summed E-state index contributed by atoms with van der Waals surface area (Å²) in [5.41, 5.74) is 2.57. The SMILES string of the molecule is CC(c1ccccc1Cl)N1CCNCC1c1ccccc1. The molecule has 1 heterocycles. The summed E-state index contributed by atoms with van der Waals surface area (Å²) in [7, 11) is 0. The summed E-state index contributed by atoms with van der Waals surface area (Å²) in [5.74, 6) is 0. The zero-order valence-electron chi connectivity index (χ0n) is 12.3. The Bertz CT molecular complexity index is 585. The summed E-state index contributed by atoms with van der Waals surface area (Å²) in [4.78, 5) is 2.55. The molecule has 0 spiro atoms. The molecular formula is C18H21ClN2. The van der Waals surface area contributed by atoms with Gasteiger partial charge in [-0.1, -0.05) is 60.1 Å². The van der Waals surface area contributed by atoms with Crippen LogP contribution in [0.2, 0.25) is 5.02 Å². The zero-order valence-corrected chi connectivity index (χ0v) is 13.1. The smallest absolute Gasteiger partial charge is 0.0479 e. The molecule has 1 N–H and O–H groups in total. The monoisotopic (exact) mass is 300 g/mol. The Morgan fingerprint density at radius 3 is 2.57 bits per heavy atom. The Morgan fingerprint density at radius 1 is 1.10 bits per heavy atom. The topological polar surface area (TPSA) is 15.3 Å². The molecule has 1 aliphatic heterocycles. The van der Waals surface area contributed by atoms with Crippen molar-refractivity contribution in [3.8, 4) is 0 Å². The molecule has 0 aromatic heterocycles. The van der Waals surface area contributed by atoms with Crippen LogP contribution in [0, 0.1) is 0 Å². The van der Waals surface area contributed by atoms with Crippen molar-refractivity contribution in [2.45, 2.75) is 19.0 Å². The first-order chi connectivity index (χ1) is 10.3. The van der Waals surface area contributed by atoms with Gasteiger partial charge in [-0.25, -0.2) is 0 Å². The third kappa shape index (κ3) is 3.13. The van der Waals surface area contributed by atoms with E-state index in [-0.39, 0.29) is 0 Å². The van der Waals surface area contributed by atoms with Gasteiger partial charge in [-0.2, -0.15) is 0 Å². The molecular weight excluding hydrogens is 280 g/mol. The lowest BCUT2D eigenvalue weighted by Gasteiger charge is -2.41. The van der Waals surface area contributed by atoms with Crippen molar-refractivity contribution < 1.29 is 0 Å². The number of hydrogen-bond donors (Lipinski definition) is 1. The quantitative estimate of drug-likeness (QED) is 0.920. The second-order valence-corrected chi connectivity index (χ2v) is 5.97. The van der Waals surface area contributed by atoms with Crippen LogP contribution in [0.3, 0.4) is 0 Å². The van der Waals surface area contributed by atoms with Crippen LogP contribution in [-0.4, -0.2) is 24.5 Å². The molecule has 1 aliphatic rings. The molecule has 110 valence electrons. The first kappa shape index (κ1) is 14.6. The number of nitrogens with one attached hydrogen (secondary N) is 1. The maximum Gasteiger partial charge on any atom is 0.0479 e. The standard InChI is InChI=1S/C18H21ClN2/c1-14(16-9-5-6-10-17(16)19)21-12-11-20-13-18(21)15-7-3-2-4-8-15/h2-10,14,18,20H,11-13H2,1H3. The normalized spacial score (nSPS) is 21.1. The second kappa shape index (κ2) is 6.61. The maximum absolute atomic E-state index is 6.39. The second-order valence-electron chi connectivity index (χ2n) is 5.57. The highest BCUT2D eigenvalue weighted by molar-refractivity contribution is 6.31. The first-order valence-corrected chi connectivity index (χ1v) is 7.91. The van der Waals surface area contributed by atoms with Crippen molar-refractivity contribution in [1.82, 2.24) is 10.2 Å². The molecule has 2 aromatic carbocycles. The van der Waals surface area contributed by atoms with Gasteiger partial charge in [-0.15, -0.1) is 0 Å². The first-order valence-electron chi connectivity index (χ1n) is 7.53. The van der Waals surface area contributed by atoms with E-state index in [9.17, 15) is 0 Å². The van der Waals surface area contributed by atoms with E-state index in [1.54, 1.807) is 0 Å². The van der Waals surface area contributed by atoms with E-state index in [0.717, 1.165) is 24.7 Å². The lowest BCUT2D eigenvalue weighted by Crippen LogP contribution is -2.46. The van der Waals surface area contributed by atoms with Crippen LogP contribution in [0.25, 0.3) is 0 Å². The number of halogens is 1. The van der Waals surface area contributed by atoms with Crippen molar-refractivity contribution in [3.05, 3.63) is 70.7 Å². The van der Waals surface area contributed by atoms with Crippen molar-refractivity contribution in [1.29, 1.82) is 0 Å². The highest BCUT2D eigenvalue weighted by Gasteiger charge is 2.28. The molecule has 2 unspecified atom stereocenters. The number of piperazine rings is 1. The Kier molecular flexibility index (Phi) is 4.59. The number of benzene rings is 2. The molecule has 2 atom stereocenters. The van der Waals surface area contributed by atoms with Gasteiger partial charge in [0.2, 0.25) is 0 Å². The minimum absolute atomic E-state index is 0.311. The Hall–Kier alpha value is -1.35. The maximum atomic E-state index is 6.39. The summed E-state index contributed by atoms with van der Waals surface area (Å²) in [5, 5.41) is 4.37. The largest absolute Gasteiger partial charge is 0.314 e. The highest BCUT2D eigenvalue weighted by Crippen LogP contribution is 2.34. The number of rotatable bonds is 3. The Morgan fingerprint density at radius 2 is 1.81 bits per heavy atom. The summed E-state index contributed by atoms with van der Waals surface area (Å²) in [6, 6.07) is 19.6. The highest BCUT2D eigenvalue weighted by atomic mass is 35.5. The summed E-state index contributed by atoms with van der Waals surface area (Å²) in [6.07, 6.45) is 0. The molecule has 0 aliphatic carbocycles. The third-order valence-corrected chi connectivity index (χ3v) is 4.67. The Balaban J connectivity index is 1.89. The molecule has 1 saturated heterocycles. The predicted molar refractivity (Wildman–Crippen MR) is 88.6 cm³/mol. The van der Waals surface area contributed by atoms with E-state index in [1.165, 1.54) is 11.1 Å². The molecule has 2 nitrogen and oxygen atoms in total. The lowest BCUT2D eigenvalue weighted by atomic mass is 9.98. The van der Waals surface area contributed by atoms with Gasteiger partial charge in [0.1, 0.15) is 0 Å². The van der Waals surface area contributed by atoms with E-state index in [0.29, 0.717) is 12.1 Å². The van der Waals surface area contributed by atoms with E-state index >= 15 is 0 Å². The van der Waals surface area contributed by atoms with Crippen molar-refractivity contribution in [2.75, 3.05) is 19.6 Å². The van der Waals surface area contributed by atoms with Crippen LogP contribution in [0.4, 0.5) is 0 Å².